The standard InChI is InChI=1S/C21H21ClF3NO2/c1-13-14(26-10-5-6-11-26)8-7-9-15(13)28-18(27)20(4)16(19(20,2)3)12-17(22)21(23,24)25/h5-12,16H,1-4H3. The van der Waals surface area contributed by atoms with E-state index in [1.165, 1.54) is 0 Å². The molecule has 0 saturated heterocycles. The number of carbonyl (C=O) groups is 1. The van der Waals surface area contributed by atoms with Crippen molar-refractivity contribution in [3.05, 3.63) is 59.4 Å². The predicted octanol–water partition coefficient (Wildman–Crippen LogP) is 6.04. The van der Waals surface area contributed by atoms with Crippen LogP contribution in [0.2, 0.25) is 0 Å². The molecule has 3 nitrogen and oxygen atoms in total. The Morgan fingerprint density at radius 3 is 2.36 bits per heavy atom. The number of allylic oxidation sites excluding steroid dienone is 2. The summed E-state index contributed by atoms with van der Waals surface area (Å²) in [4.78, 5) is 12.9. The van der Waals surface area contributed by atoms with Gasteiger partial charge in [-0.2, -0.15) is 13.2 Å². The van der Waals surface area contributed by atoms with Gasteiger partial charge in [-0.15, -0.1) is 0 Å². The first-order valence-corrected chi connectivity index (χ1v) is 9.18. The smallest absolute Gasteiger partial charge is 0.426 e. The van der Waals surface area contributed by atoms with Crippen molar-refractivity contribution in [3.63, 3.8) is 0 Å². The minimum absolute atomic E-state index is 0.379. The highest BCUT2D eigenvalue weighted by molar-refractivity contribution is 6.30. The molecule has 1 aromatic carbocycles. The monoisotopic (exact) mass is 411 g/mol. The van der Waals surface area contributed by atoms with E-state index in [9.17, 15) is 18.0 Å². The zero-order valence-electron chi connectivity index (χ0n) is 16.0. The Labute approximate surface area is 166 Å². The summed E-state index contributed by atoms with van der Waals surface area (Å²) in [6.45, 7) is 6.91. The molecule has 0 radical (unpaired) electrons. The summed E-state index contributed by atoms with van der Waals surface area (Å²) in [5.41, 5.74) is -0.197. The topological polar surface area (TPSA) is 31.2 Å². The van der Waals surface area contributed by atoms with E-state index < -0.39 is 33.9 Å². The number of alkyl halides is 3. The van der Waals surface area contributed by atoms with Gasteiger partial charge in [-0.25, -0.2) is 0 Å². The summed E-state index contributed by atoms with van der Waals surface area (Å²) in [6.07, 6.45) is 0.0388. The van der Waals surface area contributed by atoms with Crippen LogP contribution in [0.3, 0.4) is 0 Å². The molecule has 7 heteroatoms. The van der Waals surface area contributed by atoms with Crippen molar-refractivity contribution in [1.82, 2.24) is 4.57 Å². The maximum atomic E-state index is 12.9. The number of ether oxygens (including phenoxy) is 1. The average molecular weight is 412 g/mol. The lowest BCUT2D eigenvalue weighted by molar-refractivity contribution is -0.141. The zero-order chi connectivity index (χ0) is 20.9. The second kappa shape index (κ2) is 6.69. The lowest BCUT2D eigenvalue weighted by Gasteiger charge is -2.17. The summed E-state index contributed by atoms with van der Waals surface area (Å²) >= 11 is 5.40. The normalized spacial score (nSPS) is 24.1. The maximum Gasteiger partial charge on any atom is 0.426 e. The molecule has 0 N–H and O–H groups in total. The summed E-state index contributed by atoms with van der Waals surface area (Å²) in [5, 5.41) is -1.21. The number of halogens is 4. The summed E-state index contributed by atoms with van der Waals surface area (Å²) in [6, 6.07) is 9.10. The van der Waals surface area contributed by atoms with Gasteiger partial charge in [0.2, 0.25) is 0 Å². The Morgan fingerprint density at radius 1 is 1.18 bits per heavy atom. The van der Waals surface area contributed by atoms with Gasteiger partial charge in [0.05, 0.1) is 11.1 Å². The first-order chi connectivity index (χ1) is 12.9. The Kier molecular flexibility index (Phi) is 4.90. The molecular formula is C21H21ClF3NO2. The van der Waals surface area contributed by atoms with E-state index in [0.717, 1.165) is 17.3 Å². The largest absolute Gasteiger partial charge is 0.426 e. The first kappa shape index (κ1) is 20.5. The first-order valence-electron chi connectivity index (χ1n) is 8.80. The van der Waals surface area contributed by atoms with Crippen molar-refractivity contribution >= 4 is 17.6 Å². The second-order valence-electron chi connectivity index (χ2n) is 7.79. The summed E-state index contributed by atoms with van der Waals surface area (Å²) in [5.74, 6) is -0.863. The van der Waals surface area contributed by atoms with Crippen molar-refractivity contribution in [3.8, 4) is 11.4 Å². The highest BCUT2D eigenvalue weighted by Crippen LogP contribution is 2.70. The molecule has 3 rings (SSSR count). The van der Waals surface area contributed by atoms with Gasteiger partial charge in [-0.3, -0.25) is 4.79 Å². The number of benzene rings is 1. The SMILES string of the molecule is Cc1c(OC(=O)C2(C)C(C=C(Cl)C(F)(F)F)C2(C)C)cccc1-n1cccc1. The fourth-order valence-electron chi connectivity index (χ4n) is 3.73. The average Bonchev–Trinajstić information content (AvgIpc) is 3.00. The number of hydrogen-bond donors (Lipinski definition) is 0. The number of nitrogens with zero attached hydrogens (tertiary/aromatic N) is 1. The highest BCUT2D eigenvalue weighted by atomic mass is 35.5. The minimum atomic E-state index is -4.63. The van der Waals surface area contributed by atoms with Crippen LogP contribution in [0.1, 0.15) is 26.3 Å². The Hall–Kier alpha value is -2.21. The quantitative estimate of drug-likeness (QED) is 0.453. The van der Waals surface area contributed by atoms with Crippen molar-refractivity contribution in [2.24, 2.45) is 16.7 Å². The molecule has 1 heterocycles. The lowest BCUT2D eigenvalue weighted by Crippen LogP contribution is -2.24. The Morgan fingerprint density at radius 2 is 1.79 bits per heavy atom. The third kappa shape index (κ3) is 3.24. The molecule has 1 aliphatic carbocycles. The number of esters is 1. The van der Waals surface area contributed by atoms with E-state index in [0.29, 0.717) is 5.75 Å². The van der Waals surface area contributed by atoms with E-state index >= 15 is 0 Å². The molecule has 1 saturated carbocycles. The molecule has 1 aromatic heterocycles. The maximum absolute atomic E-state index is 12.9. The molecule has 0 bridgehead atoms. The van der Waals surface area contributed by atoms with Crippen LogP contribution in [-0.2, 0) is 4.79 Å². The number of rotatable bonds is 4. The number of hydrogen-bond acceptors (Lipinski definition) is 2. The Bertz CT molecular complexity index is 932. The van der Waals surface area contributed by atoms with Gasteiger partial charge in [0.1, 0.15) is 10.8 Å². The molecule has 150 valence electrons. The van der Waals surface area contributed by atoms with E-state index in [4.69, 9.17) is 16.3 Å². The third-order valence-corrected chi connectivity index (χ3v) is 6.34. The lowest BCUT2D eigenvalue weighted by atomic mass is 9.98. The van der Waals surface area contributed by atoms with Crippen molar-refractivity contribution in [2.75, 3.05) is 0 Å². The van der Waals surface area contributed by atoms with E-state index in [1.807, 2.05) is 42.1 Å². The van der Waals surface area contributed by atoms with Crippen LogP contribution in [0, 0.1) is 23.7 Å². The van der Waals surface area contributed by atoms with Gasteiger partial charge >= 0.3 is 12.1 Å². The van der Waals surface area contributed by atoms with E-state index in [2.05, 4.69) is 0 Å². The van der Waals surface area contributed by atoms with Crippen LogP contribution in [0.5, 0.6) is 5.75 Å². The fourth-order valence-corrected chi connectivity index (χ4v) is 3.85. The molecule has 1 aliphatic rings. The van der Waals surface area contributed by atoms with Gasteiger partial charge in [0, 0.05) is 23.9 Å². The Balaban J connectivity index is 1.87. The van der Waals surface area contributed by atoms with Crippen LogP contribution >= 0.6 is 11.6 Å². The van der Waals surface area contributed by atoms with Gasteiger partial charge in [0.15, 0.2) is 0 Å². The van der Waals surface area contributed by atoms with Crippen LogP contribution in [0.25, 0.3) is 5.69 Å². The van der Waals surface area contributed by atoms with Crippen LogP contribution in [-0.4, -0.2) is 16.7 Å². The molecule has 2 aromatic rings. The van der Waals surface area contributed by atoms with Crippen molar-refractivity contribution in [2.45, 2.75) is 33.9 Å². The third-order valence-electron chi connectivity index (χ3n) is 6.00. The molecule has 1 fully saturated rings. The van der Waals surface area contributed by atoms with Crippen LogP contribution < -0.4 is 4.74 Å². The number of carbonyl (C=O) groups excluding carboxylic acids is 1. The fraction of sp³-hybridized carbons (Fsp3) is 0.381. The van der Waals surface area contributed by atoms with Crippen molar-refractivity contribution in [1.29, 1.82) is 0 Å². The summed E-state index contributed by atoms with van der Waals surface area (Å²) in [7, 11) is 0. The van der Waals surface area contributed by atoms with Crippen molar-refractivity contribution < 1.29 is 22.7 Å². The van der Waals surface area contributed by atoms with Gasteiger partial charge in [-0.1, -0.05) is 37.6 Å². The highest BCUT2D eigenvalue weighted by Gasteiger charge is 2.72. The summed E-state index contributed by atoms with van der Waals surface area (Å²) < 4.78 is 45.9. The van der Waals surface area contributed by atoms with Gasteiger partial charge < -0.3 is 9.30 Å². The zero-order valence-corrected chi connectivity index (χ0v) is 16.7. The molecule has 0 aliphatic heterocycles. The number of aromatic nitrogens is 1. The molecule has 0 amide bonds. The molecule has 28 heavy (non-hydrogen) atoms. The second-order valence-corrected chi connectivity index (χ2v) is 8.20. The van der Waals surface area contributed by atoms with Crippen LogP contribution in [0.15, 0.2) is 53.8 Å². The molecule has 0 spiro atoms. The van der Waals surface area contributed by atoms with Crippen LogP contribution in [0.4, 0.5) is 13.2 Å². The molecule has 2 unspecified atom stereocenters. The van der Waals surface area contributed by atoms with E-state index in [-0.39, 0.29) is 0 Å². The van der Waals surface area contributed by atoms with Gasteiger partial charge in [0.25, 0.3) is 0 Å². The molecular weight excluding hydrogens is 391 g/mol. The van der Waals surface area contributed by atoms with E-state index in [1.54, 1.807) is 32.9 Å². The van der Waals surface area contributed by atoms with Gasteiger partial charge in [-0.05, 0) is 43.5 Å². The molecule has 2 atom stereocenters. The predicted molar refractivity (Wildman–Crippen MR) is 102 cm³/mol. The minimum Gasteiger partial charge on any atom is -0.426 e.